The van der Waals surface area contributed by atoms with E-state index in [1.165, 1.54) is 19.0 Å². The van der Waals surface area contributed by atoms with Crippen LogP contribution in [0.25, 0.3) is 0 Å². The van der Waals surface area contributed by atoms with Crippen LogP contribution in [0.4, 0.5) is 0 Å². The molecule has 0 saturated heterocycles. The fourth-order valence-corrected chi connectivity index (χ4v) is 1.92. The second kappa shape index (κ2) is 9.35. The van der Waals surface area contributed by atoms with Crippen molar-refractivity contribution in [2.45, 2.75) is 26.2 Å². The van der Waals surface area contributed by atoms with E-state index >= 15 is 0 Å². The summed E-state index contributed by atoms with van der Waals surface area (Å²) in [7, 11) is 0. The summed E-state index contributed by atoms with van der Waals surface area (Å²) in [5.41, 5.74) is 3.83. The van der Waals surface area contributed by atoms with Gasteiger partial charge in [0, 0.05) is 12.4 Å². The first-order valence-electron chi connectivity index (χ1n) is 7.76. The minimum Gasteiger partial charge on any atom is -0.494 e. The Labute approximate surface area is 136 Å². The number of hydrogen-bond acceptors (Lipinski definition) is 4. The smallest absolute Gasteiger partial charge is 0.272 e. The predicted octanol–water partition coefficient (Wildman–Crippen LogP) is 3.41. The zero-order valence-electron chi connectivity index (χ0n) is 13.2. The van der Waals surface area contributed by atoms with Gasteiger partial charge in [-0.15, -0.1) is 0 Å². The molecule has 0 atom stereocenters. The lowest BCUT2D eigenvalue weighted by molar-refractivity contribution is 0.0955. The lowest BCUT2D eigenvalue weighted by atomic mass is 10.2. The van der Waals surface area contributed by atoms with E-state index in [4.69, 9.17) is 4.74 Å². The van der Waals surface area contributed by atoms with E-state index in [-0.39, 0.29) is 5.91 Å². The highest BCUT2D eigenvalue weighted by molar-refractivity contribution is 5.94. The molecule has 1 aromatic carbocycles. The quantitative estimate of drug-likeness (QED) is 0.461. The van der Waals surface area contributed by atoms with Gasteiger partial charge in [0.25, 0.3) is 5.91 Å². The summed E-state index contributed by atoms with van der Waals surface area (Å²) in [4.78, 5) is 15.7. The maximum absolute atomic E-state index is 11.8. The molecule has 23 heavy (non-hydrogen) atoms. The zero-order valence-corrected chi connectivity index (χ0v) is 13.2. The number of pyridine rings is 1. The average Bonchev–Trinajstić information content (AvgIpc) is 2.60. The van der Waals surface area contributed by atoms with E-state index in [2.05, 4.69) is 22.4 Å². The van der Waals surface area contributed by atoms with Gasteiger partial charge in [-0.25, -0.2) is 5.43 Å². The summed E-state index contributed by atoms with van der Waals surface area (Å²) in [5.74, 6) is 0.558. The number of hydrogen-bond donors (Lipinski definition) is 1. The molecule has 0 aliphatic carbocycles. The van der Waals surface area contributed by atoms with Crippen LogP contribution in [-0.4, -0.2) is 23.7 Å². The third-order valence-electron chi connectivity index (χ3n) is 3.20. The van der Waals surface area contributed by atoms with Crippen LogP contribution in [0, 0.1) is 0 Å². The molecule has 1 aromatic heterocycles. The van der Waals surface area contributed by atoms with Crippen LogP contribution >= 0.6 is 0 Å². The van der Waals surface area contributed by atoms with Crippen LogP contribution in [0.2, 0.25) is 0 Å². The number of hydrazone groups is 1. The maximum atomic E-state index is 11.8. The number of rotatable bonds is 8. The summed E-state index contributed by atoms with van der Waals surface area (Å²) >= 11 is 0. The first kappa shape index (κ1) is 16.7. The van der Waals surface area contributed by atoms with Gasteiger partial charge in [-0.3, -0.25) is 9.78 Å². The first-order chi connectivity index (χ1) is 11.3. The van der Waals surface area contributed by atoms with Gasteiger partial charge in [0.1, 0.15) is 5.75 Å². The molecular formula is C18H21N3O2. The van der Waals surface area contributed by atoms with Gasteiger partial charge < -0.3 is 4.74 Å². The lowest BCUT2D eigenvalue weighted by Crippen LogP contribution is -2.17. The van der Waals surface area contributed by atoms with Gasteiger partial charge in [-0.05, 0) is 48.4 Å². The van der Waals surface area contributed by atoms with Crippen LogP contribution in [0.5, 0.6) is 5.75 Å². The van der Waals surface area contributed by atoms with Gasteiger partial charge in [0.05, 0.1) is 18.4 Å². The van der Waals surface area contributed by atoms with E-state index in [1.807, 2.05) is 24.3 Å². The fraction of sp³-hybridized carbons (Fsp3) is 0.278. The zero-order chi connectivity index (χ0) is 16.3. The Morgan fingerprint density at radius 2 is 2.09 bits per heavy atom. The molecule has 2 rings (SSSR count). The molecule has 0 fully saturated rings. The van der Waals surface area contributed by atoms with Gasteiger partial charge in [-0.1, -0.05) is 19.8 Å². The topological polar surface area (TPSA) is 63.6 Å². The molecule has 0 radical (unpaired) electrons. The highest BCUT2D eigenvalue weighted by Gasteiger charge is 2.02. The molecule has 1 amide bonds. The molecule has 1 heterocycles. The van der Waals surface area contributed by atoms with Crippen LogP contribution in [-0.2, 0) is 0 Å². The van der Waals surface area contributed by atoms with Crippen LogP contribution in [0.3, 0.4) is 0 Å². The van der Waals surface area contributed by atoms with E-state index in [0.29, 0.717) is 5.56 Å². The molecule has 0 bridgehead atoms. The second-order valence-electron chi connectivity index (χ2n) is 5.07. The minimum absolute atomic E-state index is 0.287. The third kappa shape index (κ3) is 5.90. The summed E-state index contributed by atoms with van der Waals surface area (Å²) in [6.45, 7) is 2.91. The van der Waals surface area contributed by atoms with Gasteiger partial charge in [0.2, 0.25) is 0 Å². The largest absolute Gasteiger partial charge is 0.494 e. The molecule has 0 saturated carbocycles. The number of benzene rings is 1. The average molecular weight is 311 g/mol. The second-order valence-corrected chi connectivity index (χ2v) is 5.07. The van der Waals surface area contributed by atoms with Gasteiger partial charge in [0.15, 0.2) is 0 Å². The molecule has 5 heteroatoms. The van der Waals surface area contributed by atoms with E-state index in [0.717, 1.165) is 24.3 Å². The first-order valence-corrected chi connectivity index (χ1v) is 7.76. The van der Waals surface area contributed by atoms with Crippen LogP contribution < -0.4 is 10.2 Å². The predicted molar refractivity (Wildman–Crippen MR) is 90.8 cm³/mol. The molecule has 1 N–H and O–H groups in total. The van der Waals surface area contributed by atoms with Crippen LogP contribution in [0.1, 0.15) is 42.1 Å². The van der Waals surface area contributed by atoms with Crippen molar-refractivity contribution in [3.05, 3.63) is 59.9 Å². The molecule has 5 nitrogen and oxygen atoms in total. The van der Waals surface area contributed by atoms with Crippen molar-refractivity contribution in [1.82, 2.24) is 10.4 Å². The van der Waals surface area contributed by atoms with Crippen molar-refractivity contribution < 1.29 is 9.53 Å². The summed E-state index contributed by atoms with van der Waals surface area (Å²) in [5, 5.41) is 3.94. The summed E-state index contributed by atoms with van der Waals surface area (Å²) < 4.78 is 5.64. The Bertz CT molecular complexity index is 624. The number of amides is 1. The van der Waals surface area contributed by atoms with Crippen molar-refractivity contribution in [3.8, 4) is 5.75 Å². The number of nitrogens with zero attached hydrogens (tertiary/aromatic N) is 2. The van der Waals surface area contributed by atoms with Crippen molar-refractivity contribution >= 4 is 12.1 Å². The third-order valence-corrected chi connectivity index (χ3v) is 3.20. The van der Waals surface area contributed by atoms with E-state index < -0.39 is 0 Å². The Morgan fingerprint density at radius 1 is 1.26 bits per heavy atom. The van der Waals surface area contributed by atoms with Crippen LogP contribution in [0.15, 0.2) is 53.9 Å². The number of ether oxygens (including phenoxy) is 1. The van der Waals surface area contributed by atoms with E-state index in [1.54, 1.807) is 24.5 Å². The monoisotopic (exact) mass is 311 g/mol. The van der Waals surface area contributed by atoms with E-state index in [9.17, 15) is 4.79 Å². The Balaban J connectivity index is 1.80. The standard InChI is InChI=1S/C18H21N3O2/c1-2-3-4-12-23-17-9-7-15(8-10-17)13-20-21-18(22)16-6-5-11-19-14-16/h5-11,13-14H,2-4,12H2,1H3,(H,21,22). The Morgan fingerprint density at radius 3 is 2.78 bits per heavy atom. The lowest BCUT2D eigenvalue weighted by Gasteiger charge is -2.05. The molecule has 0 unspecified atom stereocenters. The minimum atomic E-state index is -0.287. The number of carbonyl (C=O) groups is 1. The fourth-order valence-electron chi connectivity index (χ4n) is 1.92. The Kier molecular flexibility index (Phi) is 6.78. The van der Waals surface area contributed by atoms with Crippen molar-refractivity contribution in [1.29, 1.82) is 0 Å². The molecule has 0 aliphatic rings. The molecule has 0 spiro atoms. The van der Waals surface area contributed by atoms with Crippen molar-refractivity contribution in [2.75, 3.05) is 6.61 Å². The number of unbranched alkanes of at least 4 members (excludes halogenated alkanes) is 2. The van der Waals surface area contributed by atoms with Gasteiger partial charge >= 0.3 is 0 Å². The van der Waals surface area contributed by atoms with Crippen molar-refractivity contribution in [2.24, 2.45) is 5.10 Å². The highest BCUT2D eigenvalue weighted by Crippen LogP contribution is 2.11. The number of carbonyl (C=O) groups excluding carboxylic acids is 1. The number of nitrogens with one attached hydrogen (secondary N) is 1. The Hall–Kier alpha value is -2.69. The summed E-state index contributed by atoms with van der Waals surface area (Å²) in [6, 6.07) is 11.0. The molecule has 120 valence electrons. The maximum Gasteiger partial charge on any atom is 0.272 e. The SMILES string of the molecule is CCCCCOc1ccc(C=NNC(=O)c2cccnc2)cc1. The highest BCUT2D eigenvalue weighted by atomic mass is 16.5. The molecular weight excluding hydrogens is 290 g/mol. The summed E-state index contributed by atoms with van der Waals surface area (Å²) in [6.07, 6.45) is 8.14. The van der Waals surface area contributed by atoms with Gasteiger partial charge in [-0.2, -0.15) is 5.10 Å². The molecule has 2 aromatic rings. The number of aromatic nitrogens is 1. The molecule has 0 aliphatic heterocycles. The van der Waals surface area contributed by atoms with Crippen molar-refractivity contribution in [3.63, 3.8) is 0 Å². The normalized spacial score (nSPS) is 10.7.